The third-order valence-electron chi connectivity index (χ3n) is 16.9. The van der Waals surface area contributed by atoms with Gasteiger partial charge in [0.2, 0.25) is 0 Å². The molecular weight excluding hydrogens is 911 g/mol. The van der Waals surface area contributed by atoms with E-state index in [-0.39, 0.29) is 5.41 Å². The number of rotatable bonds is 5. The molecule has 13 aromatic rings. The van der Waals surface area contributed by atoms with Crippen molar-refractivity contribution >= 4 is 60.5 Å². The highest BCUT2D eigenvalue weighted by atomic mass is 16.5. The number of para-hydroxylation sites is 1. The molecule has 0 saturated carbocycles. The average molecular weight is 958 g/mol. The molecule has 1 aromatic heterocycles. The predicted molar refractivity (Wildman–Crippen MR) is 309 cm³/mol. The van der Waals surface area contributed by atoms with Crippen molar-refractivity contribution in [2.45, 2.75) is 24.7 Å². The van der Waals surface area contributed by atoms with Crippen LogP contribution in [0.1, 0.15) is 47.2 Å². The lowest BCUT2D eigenvalue weighted by atomic mass is 9.65. The molecule has 0 N–H and O–H groups in total. The molecule has 3 nitrogen and oxygen atoms in total. The number of benzene rings is 12. The van der Waals surface area contributed by atoms with Crippen LogP contribution in [0.4, 0.5) is 17.1 Å². The number of nitrogens with zero attached hydrogens (tertiary/aromatic N) is 1. The highest BCUT2D eigenvalue weighted by Crippen LogP contribution is 2.64. The number of anilines is 3. The molecule has 0 unspecified atom stereocenters. The minimum absolute atomic E-state index is 0.145. The maximum absolute atomic E-state index is 7.24. The molecule has 0 amide bonds. The fourth-order valence-corrected chi connectivity index (χ4v) is 13.4. The topological polar surface area (TPSA) is 25.6 Å². The monoisotopic (exact) mass is 957 g/mol. The van der Waals surface area contributed by atoms with Gasteiger partial charge in [-0.25, -0.2) is 0 Å². The van der Waals surface area contributed by atoms with Gasteiger partial charge in [0.1, 0.15) is 22.7 Å². The first-order valence-corrected chi connectivity index (χ1v) is 26.1. The molecule has 0 radical (unpaired) electrons. The summed E-state index contributed by atoms with van der Waals surface area (Å²) in [6.45, 7) is 4.72. The molecule has 0 bridgehead atoms. The number of hydrogen-bond donors (Lipinski definition) is 0. The second kappa shape index (κ2) is 15.5. The zero-order valence-corrected chi connectivity index (χ0v) is 41.4. The molecule has 2 aliphatic carbocycles. The fraction of sp³-hybridized carbons (Fsp3) is 0.0556. The van der Waals surface area contributed by atoms with Gasteiger partial charge < -0.3 is 14.1 Å². The van der Waals surface area contributed by atoms with Crippen molar-refractivity contribution in [2.75, 3.05) is 4.90 Å². The van der Waals surface area contributed by atoms with E-state index in [2.05, 4.69) is 255 Å². The van der Waals surface area contributed by atoms with Gasteiger partial charge in [-0.15, -0.1) is 0 Å². The maximum atomic E-state index is 7.24. The molecule has 1 aliphatic heterocycles. The summed E-state index contributed by atoms with van der Waals surface area (Å²) in [5, 5.41) is 6.82. The van der Waals surface area contributed by atoms with Gasteiger partial charge in [-0.2, -0.15) is 0 Å². The number of hydrogen-bond acceptors (Lipinski definition) is 3. The van der Waals surface area contributed by atoms with Crippen LogP contribution in [-0.4, -0.2) is 0 Å². The quantitative estimate of drug-likeness (QED) is 0.172. The summed E-state index contributed by atoms with van der Waals surface area (Å²) in [6.07, 6.45) is 0. The summed E-state index contributed by atoms with van der Waals surface area (Å²) in [6, 6.07) is 91.6. The predicted octanol–water partition coefficient (Wildman–Crippen LogP) is 19.5. The summed E-state index contributed by atoms with van der Waals surface area (Å²) in [5.74, 6) is 1.85. The first-order chi connectivity index (χ1) is 36.9. The first kappa shape index (κ1) is 42.1. The lowest BCUT2D eigenvalue weighted by Crippen LogP contribution is -2.32. The van der Waals surface area contributed by atoms with Gasteiger partial charge >= 0.3 is 0 Å². The van der Waals surface area contributed by atoms with E-state index in [0.717, 1.165) is 88.7 Å². The standard InChI is InChI=1S/C72H47NO2/c1-71(2)61-20-10-7-17-55(61)57-37-35-52(43-65(57)71)73(50-31-23-44(24-32-50)48-30-40-68-60(41-48)59-19-9-12-22-67(59)74-68)51-33-25-45(26-34-51)49-27-36-58-56-18-8-11-21-62(56)72(66(58)42-49)63-38-28-46-13-3-5-15-53(46)69(63)75-70-54-16-6-4-14-47(54)29-39-64(70)72/h3-43H,1-2H3. The van der Waals surface area contributed by atoms with E-state index < -0.39 is 5.41 Å². The van der Waals surface area contributed by atoms with Gasteiger partial charge in [-0.3, -0.25) is 0 Å². The van der Waals surface area contributed by atoms with Gasteiger partial charge in [-0.05, 0) is 138 Å². The highest BCUT2D eigenvalue weighted by Gasteiger charge is 2.52. The molecular formula is C72H47NO2. The molecule has 0 atom stereocenters. The second-order valence-corrected chi connectivity index (χ2v) is 21.1. The summed E-state index contributed by atoms with van der Waals surface area (Å²) in [4.78, 5) is 2.42. The van der Waals surface area contributed by atoms with Crippen LogP contribution in [0, 0.1) is 0 Å². The van der Waals surface area contributed by atoms with Crippen LogP contribution >= 0.6 is 0 Å². The van der Waals surface area contributed by atoms with Gasteiger partial charge in [0.25, 0.3) is 0 Å². The highest BCUT2D eigenvalue weighted by molar-refractivity contribution is 6.06. The Kier molecular flexibility index (Phi) is 8.72. The van der Waals surface area contributed by atoms with E-state index in [4.69, 9.17) is 9.15 Å². The van der Waals surface area contributed by atoms with E-state index in [1.807, 2.05) is 12.1 Å². The summed E-state index contributed by atoms with van der Waals surface area (Å²) < 4.78 is 13.4. The van der Waals surface area contributed by atoms with Gasteiger partial charge in [0.05, 0.1) is 5.41 Å². The van der Waals surface area contributed by atoms with Crippen LogP contribution in [0.3, 0.4) is 0 Å². The van der Waals surface area contributed by atoms with Gasteiger partial charge in [-0.1, -0.05) is 202 Å². The normalized spacial score (nSPS) is 14.1. The average Bonchev–Trinajstić information content (AvgIpc) is 4.25. The van der Waals surface area contributed by atoms with Crippen molar-refractivity contribution in [3.63, 3.8) is 0 Å². The number of ether oxygens (including phenoxy) is 1. The van der Waals surface area contributed by atoms with Crippen molar-refractivity contribution in [2.24, 2.45) is 0 Å². The second-order valence-electron chi connectivity index (χ2n) is 21.1. The smallest absolute Gasteiger partial charge is 0.140 e. The van der Waals surface area contributed by atoms with E-state index in [9.17, 15) is 0 Å². The van der Waals surface area contributed by atoms with E-state index in [1.54, 1.807) is 0 Å². The zero-order chi connectivity index (χ0) is 49.6. The van der Waals surface area contributed by atoms with Crippen molar-refractivity contribution in [1.82, 2.24) is 0 Å². The van der Waals surface area contributed by atoms with E-state index >= 15 is 0 Å². The summed E-state index contributed by atoms with van der Waals surface area (Å²) in [7, 11) is 0. The van der Waals surface area contributed by atoms with Crippen molar-refractivity contribution in [3.05, 3.63) is 282 Å². The number of furan rings is 1. The van der Waals surface area contributed by atoms with Crippen LogP contribution in [0.2, 0.25) is 0 Å². The summed E-state index contributed by atoms with van der Waals surface area (Å²) in [5.41, 5.74) is 21.7. The lowest BCUT2D eigenvalue weighted by molar-refractivity contribution is 0.447. The molecule has 1 spiro atoms. The molecule has 3 heteroatoms. The molecule has 16 rings (SSSR count). The zero-order valence-electron chi connectivity index (χ0n) is 41.4. The molecule has 0 saturated heterocycles. The molecule has 0 fully saturated rings. The minimum Gasteiger partial charge on any atom is -0.456 e. The minimum atomic E-state index is -0.624. The third kappa shape index (κ3) is 5.92. The first-order valence-electron chi connectivity index (χ1n) is 26.1. The largest absolute Gasteiger partial charge is 0.456 e. The van der Waals surface area contributed by atoms with Crippen LogP contribution in [-0.2, 0) is 10.8 Å². The van der Waals surface area contributed by atoms with Crippen LogP contribution < -0.4 is 9.64 Å². The van der Waals surface area contributed by atoms with Gasteiger partial charge in [0.15, 0.2) is 0 Å². The molecule has 2 heterocycles. The molecule has 352 valence electrons. The Balaban J connectivity index is 0.841. The SMILES string of the molecule is CC1(C)c2ccccc2-c2ccc(N(c3ccc(-c4ccc5c(c4)C4(c6ccccc6-5)c5ccc6ccccc6c5Oc5c4ccc4ccccc54)cc3)c3ccc(-c4ccc5oc6ccccc6c5c4)cc3)cc21. The Morgan fingerprint density at radius 3 is 1.47 bits per heavy atom. The van der Waals surface area contributed by atoms with Crippen molar-refractivity contribution in [1.29, 1.82) is 0 Å². The Morgan fingerprint density at radius 1 is 0.307 bits per heavy atom. The lowest BCUT2D eigenvalue weighted by Gasteiger charge is -2.40. The third-order valence-corrected chi connectivity index (χ3v) is 16.9. The summed E-state index contributed by atoms with van der Waals surface area (Å²) >= 11 is 0. The fourth-order valence-electron chi connectivity index (χ4n) is 13.4. The van der Waals surface area contributed by atoms with Crippen LogP contribution in [0.15, 0.2) is 253 Å². The maximum Gasteiger partial charge on any atom is 0.140 e. The van der Waals surface area contributed by atoms with E-state index in [0.29, 0.717) is 0 Å². The molecule has 12 aromatic carbocycles. The van der Waals surface area contributed by atoms with Crippen molar-refractivity contribution < 1.29 is 9.15 Å². The Bertz CT molecular complexity index is 4450. The van der Waals surface area contributed by atoms with Crippen molar-refractivity contribution in [3.8, 4) is 56.0 Å². The van der Waals surface area contributed by atoms with Crippen LogP contribution in [0.5, 0.6) is 11.5 Å². The Labute approximate surface area is 435 Å². The molecule has 75 heavy (non-hydrogen) atoms. The number of fused-ring (bicyclic) bond motifs is 19. The van der Waals surface area contributed by atoms with Crippen LogP contribution in [0.25, 0.3) is 88.0 Å². The molecule has 3 aliphatic rings. The van der Waals surface area contributed by atoms with Gasteiger partial charge in [0, 0.05) is 55.1 Å². The Hall–Kier alpha value is -9.44. The van der Waals surface area contributed by atoms with E-state index in [1.165, 1.54) is 61.2 Å². The Morgan fingerprint density at radius 2 is 0.787 bits per heavy atom.